The Morgan fingerprint density at radius 2 is 1.81 bits per heavy atom. The lowest BCUT2D eigenvalue weighted by atomic mass is 9.90. The molecule has 158 valence electrons. The molecule has 4 N–H and O–H groups in total. The van der Waals surface area contributed by atoms with Crippen molar-refractivity contribution in [2.75, 3.05) is 5.73 Å². The van der Waals surface area contributed by atoms with Crippen LogP contribution in [-0.2, 0) is 5.41 Å². The Hall–Kier alpha value is -4.38. The number of nitrogens with zero attached hydrogens (tertiary/aromatic N) is 5. The van der Waals surface area contributed by atoms with Gasteiger partial charge in [-0.05, 0) is 62.2 Å². The number of nitrogen functional groups attached to an aromatic ring is 1. The Bertz CT molecular complexity index is 1460. The molecule has 0 aliphatic heterocycles. The summed E-state index contributed by atoms with van der Waals surface area (Å²) in [5.41, 5.74) is 10.3. The number of rotatable bonds is 3. The van der Waals surface area contributed by atoms with Crippen molar-refractivity contribution in [3.63, 3.8) is 0 Å². The predicted molar refractivity (Wildman–Crippen MR) is 123 cm³/mol. The van der Waals surface area contributed by atoms with E-state index in [-0.39, 0.29) is 11.3 Å². The van der Waals surface area contributed by atoms with Crippen LogP contribution in [0.5, 0.6) is 0 Å². The minimum absolute atomic E-state index is 0.0766. The van der Waals surface area contributed by atoms with Gasteiger partial charge in [0.25, 0.3) is 0 Å². The van der Waals surface area contributed by atoms with E-state index >= 15 is 0 Å². The largest absolute Gasteiger partial charge is 0.383 e. The van der Waals surface area contributed by atoms with Crippen LogP contribution in [0.4, 0.5) is 5.82 Å². The average Bonchev–Trinajstić information content (AvgIpc) is 2.80. The summed E-state index contributed by atoms with van der Waals surface area (Å²) < 4.78 is 1.52. The lowest BCUT2D eigenvalue weighted by molar-refractivity contribution is 0.659. The maximum atomic E-state index is 9.33. The highest BCUT2D eigenvalue weighted by Gasteiger charge is 2.21. The highest BCUT2D eigenvalue weighted by molar-refractivity contribution is 6.02. The maximum Gasteiger partial charge on any atom is 0.149 e. The quantitative estimate of drug-likeness (QED) is 0.342. The minimum atomic E-state index is -0.724. The highest BCUT2D eigenvalue weighted by Crippen LogP contribution is 2.25. The molecule has 0 atom stereocenters. The standard InChI is InChI=1S/C24H22N8/c1-14-8-17(11-31-22(14)27)15-4-6-18-19(9-15)32(21(26)12-29-18)23(28)16-5-7-20(30-10-16)24(2,3)13-25/h4-12,26,28H,1-3H3,(H2,27,31). The lowest BCUT2D eigenvalue weighted by Gasteiger charge is -2.16. The molecule has 3 heterocycles. The van der Waals surface area contributed by atoms with Gasteiger partial charge in [-0.2, -0.15) is 5.26 Å². The second-order valence-corrected chi connectivity index (χ2v) is 8.13. The van der Waals surface area contributed by atoms with Gasteiger partial charge in [0, 0.05) is 23.5 Å². The number of nitrogens with two attached hydrogens (primary N) is 1. The molecule has 0 unspecified atom stereocenters. The van der Waals surface area contributed by atoms with Gasteiger partial charge >= 0.3 is 0 Å². The van der Waals surface area contributed by atoms with Gasteiger partial charge in [-0.1, -0.05) is 6.07 Å². The second kappa shape index (κ2) is 7.71. The Labute approximate surface area is 185 Å². The molecule has 8 nitrogen and oxygen atoms in total. The third-order valence-electron chi connectivity index (χ3n) is 5.42. The first kappa shape index (κ1) is 20.9. The Morgan fingerprint density at radius 3 is 2.47 bits per heavy atom. The van der Waals surface area contributed by atoms with Crippen molar-refractivity contribution in [3.05, 3.63) is 77.3 Å². The number of hydrogen-bond acceptors (Lipinski definition) is 7. The van der Waals surface area contributed by atoms with E-state index in [0.29, 0.717) is 28.1 Å². The zero-order valence-corrected chi connectivity index (χ0v) is 18.0. The van der Waals surface area contributed by atoms with Crippen LogP contribution < -0.4 is 11.2 Å². The molecule has 0 aliphatic carbocycles. The van der Waals surface area contributed by atoms with Gasteiger partial charge < -0.3 is 5.73 Å². The molecule has 0 aliphatic rings. The zero-order chi connectivity index (χ0) is 23.0. The van der Waals surface area contributed by atoms with Gasteiger partial charge in [-0.3, -0.25) is 25.4 Å². The van der Waals surface area contributed by atoms with Crippen molar-refractivity contribution < 1.29 is 0 Å². The minimum Gasteiger partial charge on any atom is -0.383 e. The summed E-state index contributed by atoms with van der Waals surface area (Å²) in [6.07, 6.45) is 4.69. The predicted octanol–water partition coefficient (Wildman–Crippen LogP) is 3.54. The van der Waals surface area contributed by atoms with Crippen molar-refractivity contribution in [1.82, 2.24) is 19.5 Å². The molecular formula is C24H22N8. The fraction of sp³-hybridized carbons (Fsp3) is 0.167. The van der Waals surface area contributed by atoms with Gasteiger partial charge in [-0.25, -0.2) is 4.98 Å². The molecule has 32 heavy (non-hydrogen) atoms. The van der Waals surface area contributed by atoms with Crippen LogP contribution in [0.3, 0.4) is 0 Å². The molecular weight excluding hydrogens is 400 g/mol. The summed E-state index contributed by atoms with van der Waals surface area (Å²) in [6.45, 7) is 5.49. The second-order valence-electron chi connectivity index (χ2n) is 8.13. The fourth-order valence-electron chi connectivity index (χ4n) is 3.38. The highest BCUT2D eigenvalue weighted by atomic mass is 15.1. The van der Waals surface area contributed by atoms with E-state index < -0.39 is 5.41 Å². The molecule has 0 amide bonds. The van der Waals surface area contributed by atoms with Crippen molar-refractivity contribution >= 4 is 22.7 Å². The molecule has 8 heteroatoms. The van der Waals surface area contributed by atoms with E-state index in [0.717, 1.165) is 16.7 Å². The molecule has 0 fully saturated rings. The molecule has 0 saturated carbocycles. The van der Waals surface area contributed by atoms with Gasteiger partial charge in [0.1, 0.15) is 17.1 Å². The van der Waals surface area contributed by atoms with Gasteiger partial charge in [0.15, 0.2) is 0 Å². The first-order valence-electron chi connectivity index (χ1n) is 9.97. The van der Waals surface area contributed by atoms with E-state index in [9.17, 15) is 5.26 Å². The van der Waals surface area contributed by atoms with Crippen molar-refractivity contribution in [3.8, 4) is 17.2 Å². The number of aromatic nitrogens is 4. The number of hydrogen-bond donors (Lipinski definition) is 3. The first-order valence-corrected chi connectivity index (χ1v) is 9.97. The number of pyridine rings is 2. The number of benzene rings is 1. The van der Waals surface area contributed by atoms with E-state index in [4.69, 9.17) is 16.6 Å². The SMILES string of the molecule is Cc1cc(-c2ccc3ncc(=N)n(C(=N)c4ccc(C(C)(C)C#N)nc4)c3c2)cnc1N. The number of fused-ring (bicyclic) bond motifs is 1. The molecule has 3 aromatic heterocycles. The number of nitrogens with one attached hydrogen (secondary N) is 2. The van der Waals surface area contributed by atoms with Crippen LogP contribution in [0.25, 0.3) is 22.2 Å². The smallest absolute Gasteiger partial charge is 0.149 e. The van der Waals surface area contributed by atoms with Crippen molar-refractivity contribution in [2.45, 2.75) is 26.2 Å². The van der Waals surface area contributed by atoms with E-state index in [1.807, 2.05) is 31.2 Å². The third-order valence-corrected chi connectivity index (χ3v) is 5.42. The van der Waals surface area contributed by atoms with Crippen LogP contribution in [0.2, 0.25) is 0 Å². The molecule has 0 spiro atoms. The van der Waals surface area contributed by atoms with Crippen LogP contribution in [0.15, 0.2) is 55.0 Å². The average molecular weight is 422 g/mol. The Morgan fingerprint density at radius 1 is 1.03 bits per heavy atom. The van der Waals surface area contributed by atoms with Crippen molar-refractivity contribution in [2.24, 2.45) is 0 Å². The normalized spacial score (nSPS) is 11.3. The van der Waals surface area contributed by atoms with Crippen molar-refractivity contribution in [1.29, 1.82) is 16.1 Å². The number of nitriles is 1. The summed E-state index contributed by atoms with van der Waals surface area (Å²) >= 11 is 0. The zero-order valence-electron chi connectivity index (χ0n) is 18.0. The Balaban J connectivity index is 1.84. The first-order chi connectivity index (χ1) is 15.2. The number of anilines is 1. The molecule has 0 bridgehead atoms. The van der Waals surface area contributed by atoms with Gasteiger partial charge in [0.2, 0.25) is 0 Å². The maximum absolute atomic E-state index is 9.33. The van der Waals surface area contributed by atoms with E-state index in [2.05, 4.69) is 21.0 Å². The van der Waals surface area contributed by atoms with Crippen LogP contribution in [0, 0.1) is 29.1 Å². The molecule has 1 aromatic carbocycles. The molecule has 4 rings (SSSR count). The summed E-state index contributed by atoms with van der Waals surface area (Å²) in [5, 5.41) is 26.5. The Kier molecular flexibility index (Phi) is 5.03. The summed E-state index contributed by atoms with van der Waals surface area (Å²) in [7, 11) is 0. The summed E-state index contributed by atoms with van der Waals surface area (Å²) in [5.74, 6) is 0.581. The van der Waals surface area contributed by atoms with Crippen LogP contribution >= 0.6 is 0 Å². The van der Waals surface area contributed by atoms with Crippen LogP contribution in [-0.4, -0.2) is 25.4 Å². The molecule has 0 radical (unpaired) electrons. The van der Waals surface area contributed by atoms with Gasteiger partial charge in [0.05, 0.1) is 34.4 Å². The fourth-order valence-corrected chi connectivity index (χ4v) is 3.38. The number of aryl methyl sites for hydroxylation is 1. The summed E-state index contributed by atoms with van der Waals surface area (Å²) in [6, 6.07) is 13.4. The third kappa shape index (κ3) is 3.61. The van der Waals surface area contributed by atoms with E-state index in [1.165, 1.54) is 10.8 Å². The summed E-state index contributed by atoms with van der Waals surface area (Å²) in [4.78, 5) is 13.0. The van der Waals surface area contributed by atoms with Crippen LogP contribution in [0.1, 0.15) is 30.7 Å². The monoisotopic (exact) mass is 422 g/mol. The molecule has 0 saturated heterocycles. The van der Waals surface area contributed by atoms with Gasteiger partial charge in [-0.15, -0.1) is 0 Å². The molecule has 4 aromatic rings. The van der Waals surface area contributed by atoms with E-state index in [1.54, 1.807) is 38.4 Å². The topological polar surface area (TPSA) is 141 Å². The lowest BCUT2D eigenvalue weighted by Crippen LogP contribution is -2.28.